The Morgan fingerprint density at radius 3 is 2.13 bits per heavy atom. The fourth-order valence-electron chi connectivity index (χ4n) is 5.77. The Labute approximate surface area is 225 Å². The van der Waals surface area contributed by atoms with Crippen LogP contribution in [0.4, 0.5) is 13.2 Å². The van der Waals surface area contributed by atoms with Gasteiger partial charge in [0, 0.05) is 19.1 Å². The van der Waals surface area contributed by atoms with Gasteiger partial charge < -0.3 is 9.64 Å². The van der Waals surface area contributed by atoms with Crippen molar-refractivity contribution < 1.29 is 36.3 Å². The van der Waals surface area contributed by atoms with Crippen molar-refractivity contribution in [1.82, 2.24) is 14.7 Å². The minimum absolute atomic E-state index is 0.0515. The van der Waals surface area contributed by atoms with Crippen LogP contribution in [0.3, 0.4) is 0 Å². The predicted molar refractivity (Wildman–Crippen MR) is 136 cm³/mol. The van der Waals surface area contributed by atoms with Gasteiger partial charge >= 0.3 is 6.18 Å². The Kier molecular flexibility index (Phi) is 7.66. The maximum absolute atomic E-state index is 13.9. The lowest BCUT2D eigenvalue weighted by molar-refractivity contribution is -0.138. The molecule has 3 fully saturated rings. The van der Waals surface area contributed by atoms with Crippen LogP contribution >= 0.6 is 0 Å². The number of amides is 1. The highest BCUT2D eigenvalue weighted by Crippen LogP contribution is 2.42. The minimum Gasteiger partial charge on any atom is -0.490 e. The third kappa shape index (κ3) is 5.65. The predicted octanol–water partition coefficient (Wildman–Crippen LogP) is 3.94. The second-order valence-corrected chi connectivity index (χ2v) is 12.4. The van der Waals surface area contributed by atoms with E-state index in [1.54, 1.807) is 23.7 Å². The number of carbonyl (C=O) groups is 1. The molecule has 0 unspecified atom stereocenters. The van der Waals surface area contributed by atoms with Crippen molar-refractivity contribution >= 4 is 15.9 Å². The lowest BCUT2D eigenvalue weighted by Crippen LogP contribution is -2.52. The molecule has 212 valence electrons. The fourth-order valence-corrected chi connectivity index (χ4v) is 7.53. The van der Waals surface area contributed by atoms with Gasteiger partial charge in [0.25, 0.3) is 5.91 Å². The quantitative estimate of drug-likeness (QED) is 0.389. The number of carbonyl (C=O) groups excluding carboxylic acids is 1. The highest BCUT2D eigenvalue weighted by Gasteiger charge is 2.48. The molecule has 0 radical (unpaired) electrons. The molecule has 39 heavy (non-hydrogen) atoms. The van der Waals surface area contributed by atoms with Crippen LogP contribution in [0.5, 0.6) is 5.75 Å². The van der Waals surface area contributed by atoms with Gasteiger partial charge in [0.1, 0.15) is 11.9 Å². The molecule has 2 heterocycles. The Balaban J connectivity index is 1.31. The fraction of sp³-hybridized carbons (Fsp3) is 0.519. The molecular weight excluding hydrogens is 535 g/mol. The molecule has 0 aromatic heterocycles. The first-order valence-corrected chi connectivity index (χ1v) is 14.6. The molecule has 2 aromatic carbocycles. The van der Waals surface area contributed by atoms with Gasteiger partial charge in [-0.3, -0.25) is 10.0 Å². The van der Waals surface area contributed by atoms with Gasteiger partial charge in [-0.2, -0.15) is 17.5 Å². The summed E-state index contributed by atoms with van der Waals surface area (Å²) in [7, 11) is -3.98. The minimum atomic E-state index is -4.43. The summed E-state index contributed by atoms with van der Waals surface area (Å²) in [4.78, 5) is 15.4. The zero-order chi connectivity index (χ0) is 27.8. The van der Waals surface area contributed by atoms with Crippen LogP contribution in [-0.2, 0) is 26.4 Å². The number of nitrogens with zero attached hydrogens (tertiary/aromatic N) is 2. The zero-order valence-corrected chi connectivity index (χ0v) is 22.2. The number of halogens is 3. The van der Waals surface area contributed by atoms with E-state index in [1.165, 1.54) is 22.5 Å². The molecule has 5 rings (SSSR count). The van der Waals surface area contributed by atoms with Crippen LogP contribution in [0.2, 0.25) is 0 Å². The number of piperidine rings is 2. The largest absolute Gasteiger partial charge is 0.490 e. The van der Waals surface area contributed by atoms with Crippen molar-refractivity contribution in [3.05, 3.63) is 59.7 Å². The van der Waals surface area contributed by atoms with Crippen LogP contribution < -0.4 is 10.2 Å². The molecule has 12 heteroatoms. The molecule has 1 aliphatic carbocycles. The third-order valence-corrected chi connectivity index (χ3v) is 10.1. The highest BCUT2D eigenvalue weighted by atomic mass is 32.2. The van der Waals surface area contributed by atoms with Gasteiger partial charge in [-0.25, -0.2) is 13.9 Å². The maximum atomic E-state index is 13.9. The molecule has 1 amide bonds. The molecule has 2 saturated heterocycles. The number of nitrogens with one attached hydrogen (secondary N) is 1. The number of ether oxygens (including phenoxy) is 1. The number of sulfonamides is 1. The van der Waals surface area contributed by atoms with E-state index in [9.17, 15) is 31.6 Å². The molecular formula is C27H32F3N3O5S. The van der Waals surface area contributed by atoms with Crippen molar-refractivity contribution in [2.45, 2.75) is 67.2 Å². The standard InChI is InChI=1S/C27H32F3N3O5S/c28-27(29,30)19-5-9-21(10-6-19)38-22-11-15-33(16-12-22)39(36,37)24-4-2-1-3-23(24)26(25(34)31-35)13-17-32(18-14-26)20-7-8-20/h1-6,9-10,20,22,35H,7-8,11-18H2,(H,31,34). The van der Waals surface area contributed by atoms with E-state index in [4.69, 9.17) is 4.74 Å². The van der Waals surface area contributed by atoms with E-state index in [-0.39, 0.29) is 24.1 Å². The maximum Gasteiger partial charge on any atom is 0.416 e. The van der Waals surface area contributed by atoms with Gasteiger partial charge in [0.15, 0.2) is 0 Å². The van der Waals surface area contributed by atoms with E-state index in [2.05, 4.69) is 4.90 Å². The lowest BCUT2D eigenvalue weighted by Gasteiger charge is -2.41. The topological polar surface area (TPSA) is 99.2 Å². The normalized spacial score (nSPS) is 21.4. The van der Waals surface area contributed by atoms with Gasteiger partial charge in [-0.1, -0.05) is 18.2 Å². The number of likely N-dealkylation sites (tertiary alicyclic amines) is 1. The van der Waals surface area contributed by atoms with Crippen molar-refractivity contribution in [2.24, 2.45) is 0 Å². The van der Waals surface area contributed by atoms with Crippen LogP contribution in [0, 0.1) is 0 Å². The summed E-state index contributed by atoms with van der Waals surface area (Å²) < 4.78 is 73.4. The van der Waals surface area contributed by atoms with Gasteiger partial charge in [-0.15, -0.1) is 0 Å². The molecule has 3 aliphatic rings. The molecule has 2 aromatic rings. The summed E-state index contributed by atoms with van der Waals surface area (Å²) in [6.07, 6.45) is -1.01. The smallest absolute Gasteiger partial charge is 0.416 e. The summed E-state index contributed by atoms with van der Waals surface area (Å²) >= 11 is 0. The van der Waals surface area contributed by atoms with Crippen LogP contribution in [0.25, 0.3) is 0 Å². The van der Waals surface area contributed by atoms with Crippen LogP contribution in [-0.4, -0.2) is 67.1 Å². The van der Waals surface area contributed by atoms with E-state index in [0.29, 0.717) is 56.1 Å². The Hall–Kier alpha value is -2.67. The lowest BCUT2D eigenvalue weighted by atomic mass is 9.72. The number of alkyl halides is 3. The molecule has 0 spiro atoms. The second kappa shape index (κ2) is 10.7. The second-order valence-electron chi connectivity index (χ2n) is 10.5. The SMILES string of the molecule is O=C(NO)C1(c2ccccc2S(=O)(=O)N2CCC(Oc3ccc(C(F)(F)F)cc3)CC2)CCN(C2CC2)CC1. The number of hydroxylamine groups is 1. The van der Waals surface area contributed by atoms with Gasteiger partial charge in [0.2, 0.25) is 10.0 Å². The Morgan fingerprint density at radius 1 is 0.949 bits per heavy atom. The van der Waals surface area contributed by atoms with Crippen molar-refractivity contribution in [2.75, 3.05) is 26.2 Å². The molecule has 0 atom stereocenters. The van der Waals surface area contributed by atoms with Crippen molar-refractivity contribution in [3.63, 3.8) is 0 Å². The summed E-state index contributed by atoms with van der Waals surface area (Å²) in [6.45, 7) is 1.60. The highest BCUT2D eigenvalue weighted by molar-refractivity contribution is 7.89. The Bertz CT molecular complexity index is 1280. The summed E-state index contributed by atoms with van der Waals surface area (Å²) in [6, 6.07) is 11.5. The molecule has 2 aliphatic heterocycles. The average Bonchev–Trinajstić information content (AvgIpc) is 3.78. The number of benzene rings is 2. The van der Waals surface area contributed by atoms with Crippen molar-refractivity contribution in [1.29, 1.82) is 0 Å². The van der Waals surface area contributed by atoms with E-state index >= 15 is 0 Å². The molecule has 1 saturated carbocycles. The summed E-state index contributed by atoms with van der Waals surface area (Å²) in [5, 5.41) is 9.61. The number of hydrogen-bond acceptors (Lipinski definition) is 6. The molecule has 8 nitrogen and oxygen atoms in total. The summed E-state index contributed by atoms with van der Waals surface area (Å²) in [5.74, 6) is -0.312. The molecule has 2 N–H and O–H groups in total. The Morgan fingerprint density at radius 2 is 1.56 bits per heavy atom. The van der Waals surface area contributed by atoms with Crippen LogP contribution in [0.15, 0.2) is 53.4 Å². The van der Waals surface area contributed by atoms with Crippen molar-refractivity contribution in [3.8, 4) is 5.75 Å². The first kappa shape index (κ1) is 27.9. The zero-order valence-electron chi connectivity index (χ0n) is 21.4. The first-order chi connectivity index (χ1) is 18.5. The van der Waals surface area contributed by atoms with E-state index < -0.39 is 33.1 Å². The summed E-state index contributed by atoms with van der Waals surface area (Å²) in [5.41, 5.74) is 0.236. The van der Waals surface area contributed by atoms with Gasteiger partial charge in [-0.05, 0) is 87.5 Å². The number of rotatable bonds is 7. The number of hydrogen-bond donors (Lipinski definition) is 2. The van der Waals surface area contributed by atoms with E-state index in [1.807, 2.05) is 0 Å². The monoisotopic (exact) mass is 567 g/mol. The van der Waals surface area contributed by atoms with Crippen LogP contribution in [0.1, 0.15) is 49.7 Å². The van der Waals surface area contributed by atoms with E-state index in [0.717, 1.165) is 25.0 Å². The third-order valence-electron chi connectivity index (χ3n) is 8.16. The van der Waals surface area contributed by atoms with Gasteiger partial charge in [0.05, 0.1) is 15.9 Å². The average molecular weight is 568 g/mol. The first-order valence-electron chi connectivity index (χ1n) is 13.2. The molecule has 0 bridgehead atoms.